The number of carbonyl (C=O) groups is 2. The Labute approximate surface area is 107 Å². The molecular weight excluding hydrogens is 232 g/mol. The van der Waals surface area contributed by atoms with Crippen LogP contribution in [0.3, 0.4) is 0 Å². The fraction of sp³-hybridized carbons (Fsp3) is 0.846. The summed E-state index contributed by atoms with van der Waals surface area (Å²) in [5.41, 5.74) is 0. The lowest BCUT2D eigenvalue weighted by Gasteiger charge is -2.41. The molecule has 1 saturated heterocycles. The smallest absolute Gasteiger partial charge is 0.228 e. The van der Waals surface area contributed by atoms with Crippen LogP contribution in [0.4, 0.5) is 0 Å². The van der Waals surface area contributed by atoms with Gasteiger partial charge in [0.1, 0.15) is 0 Å². The van der Waals surface area contributed by atoms with Gasteiger partial charge in [0.25, 0.3) is 0 Å². The number of aliphatic hydroxyl groups is 1. The van der Waals surface area contributed by atoms with E-state index >= 15 is 0 Å². The van der Waals surface area contributed by atoms with Crippen LogP contribution in [-0.2, 0) is 9.59 Å². The van der Waals surface area contributed by atoms with Crippen molar-refractivity contribution in [3.05, 3.63) is 0 Å². The van der Waals surface area contributed by atoms with E-state index in [2.05, 4.69) is 10.6 Å². The first-order valence-corrected chi connectivity index (χ1v) is 6.79. The number of β-lactam (4-membered cyclic amide) rings is 1. The fourth-order valence-corrected chi connectivity index (χ4v) is 2.94. The molecule has 4 atom stereocenters. The van der Waals surface area contributed by atoms with E-state index < -0.39 is 12.0 Å². The van der Waals surface area contributed by atoms with E-state index in [1.54, 1.807) is 6.92 Å². The maximum Gasteiger partial charge on any atom is 0.228 e. The molecule has 1 aliphatic carbocycles. The molecular formula is C13H22N2O3. The highest BCUT2D eigenvalue weighted by molar-refractivity contribution is 5.90. The van der Waals surface area contributed by atoms with Crippen molar-refractivity contribution in [2.45, 2.75) is 57.7 Å². The van der Waals surface area contributed by atoms with Crippen molar-refractivity contribution in [1.82, 2.24) is 10.6 Å². The van der Waals surface area contributed by atoms with Gasteiger partial charge in [-0.2, -0.15) is 0 Å². The number of amides is 2. The standard InChI is InChI=1S/C13H22N2O3/c1-7(11-10(8(2)16)13(18)15-11)12(17)14-9-5-3-4-6-9/h7-11,16H,3-6H2,1-2H3,(H,14,17)(H,15,18)/t7-,8-,10-,11-/m1/s1. The summed E-state index contributed by atoms with van der Waals surface area (Å²) in [6.07, 6.45) is 3.75. The van der Waals surface area contributed by atoms with Gasteiger partial charge in [0.05, 0.1) is 24.0 Å². The topological polar surface area (TPSA) is 78.4 Å². The van der Waals surface area contributed by atoms with E-state index in [9.17, 15) is 14.7 Å². The summed E-state index contributed by atoms with van der Waals surface area (Å²) in [5.74, 6) is -0.912. The van der Waals surface area contributed by atoms with Gasteiger partial charge in [-0.1, -0.05) is 19.8 Å². The van der Waals surface area contributed by atoms with Crippen LogP contribution >= 0.6 is 0 Å². The van der Waals surface area contributed by atoms with Crippen molar-refractivity contribution in [2.75, 3.05) is 0 Å². The average molecular weight is 254 g/mol. The molecule has 5 heteroatoms. The van der Waals surface area contributed by atoms with Gasteiger partial charge in [-0.15, -0.1) is 0 Å². The molecule has 1 heterocycles. The lowest BCUT2D eigenvalue weighted by molar-refractivity contribution is -0.145. The number of rotatable bonds is 4. The predicted octanol–water partition coefficient (Wildman–Crippen LogP) is 0.177. The molecule has 1 saturated carbocycles. The van der Waals surface area contributed by atoms with E-state index in [1.165, 1.54) is 12.8 Å². The van der Waals surface area contributed by atoms with E-state index in [0.717, 1.165) is 12.8 Å². The Morgan fingerprint density at radius 1 is 1.39 bits per heavy atom. The monoisotopic (exact) mass is 254 g/mol. The zero-order valence-electron chi connectivity index (χ0n) is 11.0. The lowest BCUT2D eigenvalue weighted by atomic mass is 9.78. The normalized spacial score (nSPS) is 31.4. The molecule has 18 heavy (non-hydrogen) atoms. The SMILES string of the molecule is C[C@@H](O)[C@H]1C(=O)N[C@@H]1[C@@H](C)C(=O)NC1CCCC1. The van der Waals surface area contributed by atoms with Gasteiger partial charge in [0.15, 0.2) is 0 Å². The largest absolute Gasteiger partial charge is 0.393 e. The van der Waals surface area contributed by atoms with Crippen molar-refractivity contribution in [1.29, 1.82) is 0 Å². The molecule has 2 amide bonds. The highest BCUT2D eigenvalue weighted by Gasteiger charge is 2.47. The van der Waals surface area contributed by atoms with Crippen LogP contribution in [0.25, 0.3) is 0 Å². The third-order valence-corrected chi connectivity index (χ3v) is 4.17. The van der Waals surface area contributed by atoms with Crippen molar-refractivity contribution in [2.24, 2.45) is 11.8 Å². The Kier molecular flexibility index (Phi) is 3.90. The van der Waals surface area contributed by atoms with Gasteiger partial charge in [-0.05, 0) is 19.8 Å². The Balaban J connectivity index is 1.88. The summed E-state index contributed by atoms with van der Waals surface area (Å²) in [6, 6.07) is 0.0552. The molecule has 0 aromatic carbocycles. The first-order valence-electron chi connectivity index (χ1n) is 6.79. The lowest BCUT2D eigenvalue weighted by Crippen LogP contribution is -2.66. The van der Waals surface area contributed by atoms with Gasteiger partial charge in [-0.25, -0.2) is 0 Å². The number of carbonyl (C=O) groups excluding carboxylic acids is 2. The molecule has 0 spiro atoms. The van der Waals surface area contributed by atoms with E-state index in [4.69, 9.17) is 0 Å². The molecule has 0 unspecified atom stereocenters. The molecule has 2 aliphatic rings. The van der Waals surface area contributed by atoms with E-state index in [0.29, 0.717) is 6.04 Å². The van der Waals surface area contributed by atoms with E-state index in [-0.39, 0.29) is 23.8 Å². The highest BCUT2D eigenvalue weighted by Crippen LogP contribution is 2.26. The minimum absolute atomic E-state index is 0.0162. The second kappa shape index (κ2) is 5.26. The minimum atomic E-state index is -0.703. The molecule has 3 N–H and O–H groups in total. The van der Waals surface area contributed by atoms with Crippen LogP contribution in [0, 0.1) is 11.8 Å². The molecule has 1 aliphatic heterocycles. The highest BCUT2D eigenvalue weighted by atomic mass is 16.3. The zero-order valence-corrected chi connectivity index (χ0v) is 11.0. The summed E-state index contributed by atoms with van der Waals surface area (Å²) < 4.78 is 0. The first-order chi connectivity index (χ1) is 8.50. The summed E-state index contributed by atoms with van der Waals surface area (Å²) in [7, 11) is 0. The van der Waals surface area contributed by atoms with Crippen molar-refractivity contribution >= 4 is 11.8 Å². The molecule has 102 valence electrons. The van der Waals surface area contributed by atoms with Crippen LogP contribution in [0.1, 0.15) is 39.5 Å². The van der Waals surface area contributed by atoms with Gasteiger partial charge in [-0.3, -0.25) is 9.59 Å². The maximum atomic E-state index is 12.1. The summed E-state index contributed by atoms with van der Waals surface area (Å²) >= 11 is 0. The third kappa shape index (κ3) is 2.51. The zero-order chi connectivity index (χ0) is 13.3. The third-order valence-electron chi connectivity index (χ3n) is 4.17. The number of hydrogen-bond acceptors (Lipinski definition) is 3. The Morgan fingerprint density at radius 2 is 2.00 bits per heavy atom. The van der Waals surface area contributed by atoms with Crippen molar-refractivity contribution in [3.8, 4) is 0 Å². The number of nitrogens with one attached hydrogen (secondary N) is 2. The molecule has 0 aromatic heterocycles. The van der Waals surface area contributed by atoms with Crippen LogP contribution in [-0.4, -0.2) is 35.1 Å². The number of aliphatic hydroxyl groups excluding tert-OH is 1. The molecule has 0 bridgehead atoms. The minimum Gasteiger partial charge on any atom is -0.393 e. The summed E-state index contributed by atoms with van der Waals surface area (Å²) in [4.78, 5) is 23.4. The second-order valence-corrected chi connectivity index (χ2v) is 5.58. The van der Waals surface area contributed by atoms with Crippen molar-refractivity contribution < 1.29 is 14.7 Å². The Morgan fingerprint density at radius 3 is 2.50 bits per heavy atom. The second-order valence-electron chi connectivity index (χ2n) is 5.58. The molecule has 0 radical (unpaired) electrons. The fourth-order valence-electron chi connectivity index (χ4n) is 2.94. The van der Waals surface area contributed by atoms with Gasteiger partial charge in [0, 0.05) is 6.04 Å². The predicted molar refractivity (Wildman–Crippen MR) is 66.7 cm³/mol. The Hall–Kier alpha value is -1.10. The first kappa shape index (κ1) is 13.3. The maximum absolute atomic E-state index is 12.1. The summed E-state index contributed by atoms with van der Waals surface area (Å²) in [5, 5.41) is 15.3. The number of hydrogen-bond donors (Lipinski definition) is 3. The van der Waals surface area contributed by atoms with Gasteiger partial charge < -0.3 is 15.7 Å². The molecule has 2 rings (SSSR count). The van der Waals surface area contributed by atoms with Crippen LogP contribution < -0.4 is 10.6 Å². The van der Waals surface area contributed by atoms with Crippen LogP contribution in [0.5, 0.6) is 0 Å². The quantitative estimate of drug-likeness (QED) is 0.626. The van der Waals surface area contributed by atoms with Gasteiger partial charge >= 0.3 is 0 Å². The van der Waals surface area contributed by atoms with Crippen LogP contribution in [0.15, 0.2) is 0 Å². The van der Waals surface area contributed by atoms with Gasteiger partial charge in [0.2, 0.25) is 11.8 Å². The van der Waals surface area contributed by atoms with E-state index in [1.807, 2.05) is 6.92 Å². The molecule has 5 nitrogen and oxygen atoms in total. The summed E-state index contributed by atoms with van der Waals surface area (Å²) in [6.45, 7) is 3.40. The average Bonchev–Trinajstić information content (AvgIpc) is 2.76. The van der Waals surface area contributed by atoms with Crippen molar-refractivity contribution in [3.63, 3.8) is 0 Å². The molecule has 0 aromatic rings. The van der Waals surface area contributed by atoms with Crippen LogP contribution in [0.2, 0.25) is 0 Å². The molecule has 2 fully saturated rings. The Bertz CT molecular complexity index is 337.